The van der Waals surface area contributed by atoms with E-state index in [0.29, 0.717) is 6.42 Å². The van der Waals surface area contributed by atoms with Gasteiger partial charge in [0.15, 0.2) is 0 Å². The minimum absolute atomic E-state index is 0.0759. The van der Waals surface area contributed by atoms with Gasteiger partial charge in [0.25, 0.3) is 0 Å². The lowest BCUT2D eigenvalue weighted by molar-refractivity contribution is -0.124. The van der Waals surface area contributed by atoms with Gasteiger partial charge in [0.2, 0.25) is 11.8 Å². The number of thioether (sulfide) groups is 1. The third-order valence-corrected chi connectivity index (χ3v) is 5.38. The number of rotatable bonds is 3. The van der Waals surface area contributed by atoms with E-state index >= 15 is 0 Å². The van der Waals surface area contributed by atoms with Crippen molar-refractivity contribution in [2.45, 2.75) is 63.0 Å². The van der Waals surface area contributed by atoms with Gasteiger partial charge in [-0.25, -0.2) is 0 Å². The Morgan fingerprint density at radius 2 is 1.61 bits per heavy atom. The summed E-state index contributed by atoms with van der Waals surface area (Å²) in [5.41, 5.74) is 0. The van der Waals surface area contributed by atoms with Gasteiger partial charge in [0.1, 0.15) is 0 Å². The Hall–Kier alpha value is -0.510. The summed E-state index contributed by atoms with van der Waals surface area (Å²) in [7, 11) is 0. The van der Waals surface area contributed by atoms with Crippen molar-refractivity contribution >= 4 is 23.6 Å². The topological polar surface area (TPSA) is 46.2 Å². The number of hydrogen-bond acceptors (Lipinski definition) is 3. The van der Waals surface area contributed by atoms with E-state index in [1.54, 1.807) is 11.8 Å². The molecule has 1 saturated carbocycles. The summed E-state index contributed by atoms with van der Waals surface area (Å²) in [5.74, 6) is 1.61. The van der Waals surface area contributed by atoms with E-state index < -0.39 is 0 Å². The van der Waals surface area contributed by atoms with E-state index in [1.165, 1.54) is 51.4 Å². The van der Waals surface area contributed by atoms with Gasteiger partial charge in [0.05, 0.1) is 5.25 Å². The van der Waals surface area contributed by atoms with Crippen molar-refractivity contribution in [3.05, 3.63) is 0 Å². The molecule has 2 fully saturated rings. The Morgan fingerprint density at radius 3 is 2.17 bits per heavy atom. The highest BCUT2D eigenvalue weighted by Crippen LogP contribution is 2.28. The molecular formula is C14H23NO2S. The Kier molecular flexibility index (Phi) is 5.54. The monoisotopic (exact) mass is 269 g/mol. The highest BCUT2D eigenvalue weighted by atomic mass is 32.2. The van der Waals surface area contributed by atoms with Crippen LogP contribution in [0.4, 0.5) is 0 Å². The number of amides is 2. The summed E-state index contributed by atoms with van der Waals surface area (Å²) in [5, 5.41) is 2.27. The van der Waals surface area contributed by atoms with Crippen LogP contribution in [0.25, 0.3) is 0 Å². The first-order valence-corrected chi connectivity index (χ1v) is 8.26. The van der Waals surface area contributed by atoms with Gasteiger partial charge < -0.3 is 0 Å². The number of carbonyl (C=O) groups is 2. The molecule has 0 bridgehead atoms. The van der Waals surface area contributed by atoms with Crippen LogP contribution in [-0.4, -0.2) is 22.8 Å². The van der Waals surface area contributed by atoms with E-state index in [4.69, 9.17) is 0 Å². The van der Waals surface area contributed by atoms with Gasteiger partial charge in [-0.1, -0.05) is 38.5 Å². The summed E-state index contributed by atoms with van der Waals surface area (Å²) in [6.45, 7) is 0. The van der Waals surface area contributed by atoms with Gasteiger partial charge >= 0.3 is 0 Å². The molecule has 0 spiro atoms. The first kappa shape index (κ1) is 13.9. The molecule has 1 aliphatic heterocycles. The Labute approximate surface area is 113 Å². The smallest absolute Gasteiger partial charge is 0.240 e. The van der Waals surface area contributed by atoms with E-state index in [0.717, 1.165) is 11.7 Å². The zero-order chi connectivity index (χ0) is 12.8. The Bertz CT molecular complexity index is 296. The molecule has 1 unspecified atom stereocenters. The third-order valence-electron chi connectivity index (χ3n) is 3.93. The van der Waals surface area contributed by atoms with Crippen molar-refractivity contribution in [3.63, 3.8) is 0 Å². The zero-order valence-corrected chi connectivity index (χ0v) is 11.8. The fraction of sp³-hybridized carbons (Fsp3) is 0.857. The maximum absolute atomic E-state index is 11.5. The molecule has 3 nitrogen and oxygen atoms in total. The van der Waals surface area contributed by atoms with E-state index in [2.05, 4.69) is 5.32 Å². The quantitative estimate of drug-likeness (QED) is 0.801. The molecule has 1 saturated heterocycles. The normalized spacial score (nSPS) is 27.4. The van der Waals surface area contributed by atoms with E-state index in [-0.39, 0.29) is 17.1 Å². The molecule has 1 heterocycles. The Balaban J connectivity index is 1.73. The number of nitrogens with one attached hydrogen (secondary N) is 1. The van der Waals surface area contributed by atoms with Crippen LogP contribution in [0.2, 0.25) is 0 Å². The Morgan fingerprint density at radius 1 is 1.00 bits per heavy atom. The van der Waals surface area contributed by atoms with Crippen LogP contribution in [0.15, 0.2) is 0 Å². The molecule has 4 heteroatoms. The summed E-state index contributed by atoms with van der Waals surface area (Å²) >= 11 is 1.69. The van der Waals surface area contributed by atoms with Crippen LogP contribution in [0.3, 0.4) is 0 Å². The van der Waals surface area contributed by atoms with E-state index in [1.807, 2.05) is 0 Å². The molecule has 1 atom stereocenters. The highest BCUT2D eigenvalue weighted by Gasteiger charge is 2.31. The van der Waals surface area contributed by atoms with Gasteiger partial charge in [-0.15, -0.1) is 11.8 Å². The number of carbonyl (C=O) groups excluding carboxylic acids is 2. The van der Waals surface area contributed by atoms with Crippen molar-refractivity contribution in [1.29, 1.82) is 0 Å². The molecule has 18 heavy (non-hydrogen) atoms. The van der Waals surface area contributed by atoms with E-state index in [9.17, 15) is 9.59 Å². The fourth-order valence-corrected chi connectivity index (χ4v) is 4.12. The van der Waals surface area contributed by atoms with Crippen LogP contribution < -0.4 is 5.32 Å². The second-order valence-electron chi connectivity index (χ2n) is 5.50. The van der Waals surface area contributed by atoms with Crippen LogP contribution in [0, 0.1) is 5.92 Å². The zero-order valence-electron chi connectivity index (χ0n) is 11.0. The summed E-state index contributed by atoms with van der Waals surface area (Å²) in [4.78, 5) is 22.6. The van der Waals surface area contributed by atoms with Gasteiger partial charge in [-0.3, -0.25) is 14.9 Å². The van der Waals surface area contributed by atoms with Crippen molar-refractivity contribution in [2.24, 2.45) is 5.92 Å². The molecule has 1 aliphatic carbocycles. The van der Waals surface area contributed by atoms with Gasteiger partial charge in [-0.05, 0) is 24.5 Å². The lowest BCUT2D eigenvalue weighted by Crippen LogP contribution is -2.23. The minimum Gasteiger partial charge on any atom is -0.295 e. The largest absolute Gasteiger partial charge is 0.295 e. The fourth-order valence-electron chi connectivity index (χ4n) is 2.80. The molecule has 0 aromatic carbocycles. The van der Waals surface area contributed by atoms with Crippen molar-refractivity contribution in [3.8, 4) is 0 Å². The molecule has 0 radical (unpaired) electrons. The van der Waals surface area contributed by atoms with Crippen molar-refractivity contribution in [1.82, 2.24) is 5.32 Å². The van der Waals surface area contributed by atoms with Crippen LogP contribution in [-0.2, 0) is 9.59 Å². The average molecular weight is 269 g/mol. The average Bonchev–Trinajstić information content (AvgIpc) is 2.72. The first-order chi connectivity index (χ1) is 8.75. The van der Waals surface area contributed by atoms with Crippen LogP contribution in [0.5, 0.6) is 0 Å². The predicted octanol–water partition coefficient (Wildman–Crippen LogP) is 2.89. The van der Waals surface area contributed by atoms with Crippen LogP contribution in [0.1, 0.15) is 57.8 Å². The summed E-state index contributed by atoms with van der Waals surface area (Å²) in [6.07, 6.45) is 11.2. The predicted molar refractivity (Wildman–Crippen MR) is 74.4 cm³/mol. The van der Waals surface area contributed by atoms with Gasteiger partial charge in [0, 0.05) is 6.42 Å². The third kappa shape index (κ3) is 4.30. The maximum Gasteiger partial charge on any atom is 0.240 e. The van der Waals surface area contributed by atoms with Gasteiger partial charge in [-0.2, -0.15) is 0 Å². The lowest BCUT2D eigenvalue weighted by Gasteiger charge is -2.16. The molecule has 102 valence electrons. The second kappa shape index (κ2) is 7.17. The minimum atomic E-state index is -0.120. The molecule has 2 aliphatic rings. The highest BCUT2D eigenvalue weighted by molar-refractivity contribution is 8.00. The molecular weight excluding hydrogens is 246 g/mol. The number of imide groups is 1. The molecule has 0 aromatic rings. The lowest BCUT2D eigenvalue weighted by atomic mass is 9.99. The summed E-state index contributed by atoms with van der Waals surface area (Å²) < 4.78 is 0. The molecule has 1 N–H and O–H groups in total. The second-order valence-corrected chi connectivity index (χ2v) is 6.74. The SMILES string of the molecule is O=C1CC(SCC2CCCCCCCC2)C(=O)N1. The number of hydrogen-bond donors (Lipinski definition) is 1. The maximum atomic E-state index is 11.5. The molecule has 0 aromatic heterocycles. The summed E-state index contributed by atoms with van der Waals surface area (Å²) in [6, 6.07) is 0. The molecule has 2 amide bonds. The van der Waals surface area contributed by atoms with Crippen molar-refractivity contribution in [2.75, 3.05) is 5.75 Å². The first-order valence-electron chi connectivity index (χ1n) is 7.21. The van der Waals surface area contributed by atoms with Crippen LogP contribution >= 0.6 is 11.8 Å². The molecule has 2 rings (SSSR count). The standard InChI is InChI=1S/C14H23NO2S/c16-13-9-12(14(17)15-13)18-10-11-7-5-3-1-2-4-6-8-11/h11-12H,1-10H2,(H,15,16,17). The van der Waals surface area contributed by atoms with Crippen molar-refractivity contribution < 1.29 is 9.59 Å².